The Hall–Kier alpha value is -2.90. The van der Waals surface area contributed by atoms with Gasteiger partial charge in [0.05, 0.1) is 31.5 Å². The zero-order valence-electron chi connectivity index (χ0n) is 20.8. The van der Waals surface area contributed by atoms with Crippen molar-refractivity contribution in [3.05, 3.63) is 59.3 Å². The molecule has 0 N–H and O–H groups in total. The van der Waals surface area contributed by atoms with E-state index in [9.17, 15) is 17.6 Å². The van der Waals surface area contributed by atoms with E-state index in [1.807, 2.05) is 0 Å². The topological polar surface area (TPSA) is 103 Å². The van der Waals surface area contributed by atoms with Gasteiger partial charge in [-0.15, -0.1) is 0 Å². The van der Waals surface area contributed by atoms with Gasteiger partial charge in [-0.3, -0.25) is 4.79 Å². The van der Waals surface area contributed by atoms with Crippen LogP contribution in [0.15, 0.2) is 41.6 Å². The van der Waals surface area contributed by atoms with Crippen LogP contribution in [0, 0.1) is 5.82 Å². The molecule has 0 bridgehead atoms. The van der Waals surface area contributed by atoms with Crippen LogP contribution in [-0.4, -0.2) is 79.0 Å². The molecule has 202 valence electrons. The molecule has 1 atom stereocenters. The molecule has 12 heteroatoms. The zero-order chi connectivity index (χ0) is 26.3. The van der Waals surface area contributed by atoms with Crippen LogP contribution in [0.2, 0.25) is 0 Å². The summed E-state index contributed by atoms with van der Waals surface area (Å²) in [4.78, 5) is 23.8. The fraction of sp³-hybridized carbons (Fsp3) is 0.462. The molecule has 1 amide bonds. The van der Waals surface area contributed by atoms with E-state index < -0.39 is 22.2 Å². The Morgan fingerprint density at radius 3 is 2.61 bits per heavy atom. The minimum Gasteiger partial charge on any atom is -0.379 e. The molecule has 38 heavy (non-hydrogen) atoms. The number of sulfonamides is 1. The predicted octanol–water partition coefficient (Wildman–Crippen LogP) is 2.70. The number of hydrogen-bond acceptors (Lipinski definition) is 7. The summed E-state index contributed by atoms with van der Waals surface area (Å²) in [6.45, 7) is 2.31. The van der Waals surface area contributed by atoms with Crippen LogP contribution in [-0.2, 0) is 37.3 Å². The van der Waals surface area contributed by atoms with Crippen molar-refractivity contribution in [1.29, 1.82) is 0 Å². The summed E-state index contributed by atoms with van der Waals surface area (Å²) in [5, 5.41) is 1.77. The molecule has 2 fully saturated rings. The largest absolute Gasteiger partial charge is 0.379 e. The van der Waals surface area contributed by atoms with Gasteiger partial charge in [-0.2, -0.15) is 4.31 Å². The van der Waals surface area contributed by atoms with Gasteiger partial charge in [0.25, 0.3) is 5.91 Å². The Morgan fingerprint density at radius 1 is 1.08 bits per heavy atom. The lowest BCUT2D eigenvalue weighted by molar-refractivity contribution is -0.267. The molecule has 10 nitrogen and oxygen atoms in total. The van der Waals surface area contributed by atoms with Gasteiger partial charge in [0.1, 0.15) is 16.4 Å². The summed E-state index contributed by atoms with van der Waals surface area (Å²) >= 11 is 0. The molecular formula is C26H29FN4O6S. The second-order valence-corrected chi connectivity index (χ2v) is 11.6. The van der Waals surface area contributed by atoms with Crippen LogP contribution in [0.3, 0.4) is 0 Å². The Bertz CT molecular complexity index is 1450. The lowest BCUT2D eigenvalue weighted by atomic mass is 10.0. The minimum absolute atomic E-state index is 0.132. The maximum atomic E-state index is 13.9. The molecule has 5 heterocycles. The lowest BCUT2D eigenvalue weighted by Gasteiger charge is -2.32. The summed E-state index contributed by atoms with van der Waals surface area (Å²) in [6.07, 6.45) is 5.67. The number of aromatic nitrogens is 2. The van der Waals surface area contributed by atoms with Crippen molar-refractivity contribution in [2.45, 2.75) is 43.4 Å². The average molecular weight is 545 g/mol. The van der Waals surface area contributed by atoms with Gasteiger partial charge < -0.3 is 14.0 Å². The minimum atomic E-state index is -3.89. The number of rotatable bonds is 6. The van der Waals surface area contributed by atoms with E-state index in [1.54, 1.807) is 22.9 Å². The van der Waals surface area contributed by atoms with Gasteiger partial charge in [-0.1, -0.05) is 12.1 Å². The molecule has 0 saturated carbocycles. The number of morpholine rings is 1. The SMILES string of the molecule is O=C1c2ncc3c(c(S(=O)(=O)N4CCOCC4)cn3Cc3ccc(F)cc3)c2CCN1OC1CCCCO1. The first-order valence-electron chi connectivity index (χ1n) is 12.8. The monoisotopic (exact) mass is 544 g/mol. The third-order valence-corrected chi connectivity index (χ3v) is 9.13. The maximum absolute atomic E-state index is 13.9. The lowest BCUT2D eigenvalue weighted by Crippen LogP contribution is -2.42. The van der Waals surface area contributed by atoms with Gasteiger partial charge >= 0.3 is 0 Å². The highest BCUT2D eigenvalue weighted by Gasteiger charge is 2.36. The Kier molecular flexibility index (Phi) is 6.91. The fourth-order valence-corrected chi connectivity index (χ4v) is 6.90. The van der Waals surface area contributed by atoms with Crippen molar-refractivity contribution in [1.82, 2.24) is 18.9 Å². The maximum Gasteiger partial charge on any atom is 0.296 e. The smallest absolute Gasteiger partial charge is 0.296 e. The van der Waals surface area contributed by atoms with Crippen LogP contribution in [0.4, 0.5) is 4.39 Å². The van der Waals surface area contributed by atoms with E-state index in [0.717, 1.165) is 18.4 Å². The Labute approximate surface area is 219 Å². The molecule has 0 radical (unpaired) electrons. The highest BCUT2D eigenvalue weighted by molar-refractivity contribution is 7.89. The van der Waals surface area contributed by atoms with Crippen molar-refractivity contribution in [2.24, 2.45) is 0 Å². The fourth-order valence-electron chi connectivity index (χ4n) is 5.25. The van der Waals surface area contributed by atoms with E-state index >= 15 is 0 Å². The highest BCUT2D eigenvalue weighted by atomic mass is 32.2. The number of fused-ring (bicyclic) bond motifs is 3. The summed E-state index contributed by atoms with van der Waals surface area (Å²) < 4.78 is 55.4. The standard InChI is InChI=1S/C26H29FN4O6S/c27-19-6-4-18(5-7-19)16-29-17-22(38(33,34)30-10-13-35-14-11-30)24-20-8-9-31(37-23-3-1-2-12-36-23)26(32)25(20)28-15-21(24)29/h4-7,15,17,23H,1-3,8-14,16H2. The number of benzene rings is 1. The number of ether oxygens (including phenoxy) is 2. The molecule has 2 saturated heterocycles. The van der Waals surface area contributed by atoms with Crippen molar-refractivity contribution < 1.29 is 31.9 Å². The van der Waals surface area contributed by atoms with Crippen LogP contribution < -0.4 is 0 Å². The number of carbonyl (C=O) groups is 1. The van der Waals surface area contributed by atoms with E-state index in [1.165, 1.54) is 27.7 Å². The van der Waals surface area contributed by atoms with Crippen molar-refractivity contribution >= 4 is 26.8 Å². The Balaban J connectivity index is 1.42. The summed E-state index contributed by atoms with van der Waals surface area (Å²) in [5.74, 6) is -0.760. The molecule has 3 aromatic rings. The first kappa shape index (κ1) is 25.4. The number of halogens is 1. The van der Waals surface area contributed by atoms with Crippen molar-refractivity contribution in [3.63, 3.8) is 0 Å². The quantitative estimate of drug-likeness (QED) is 0.470. The first-order chi connectivity index (χ1) is 18.4. The molecule has 6 rings (SSSR count). The molecule has 1 unspecified atom stereocenters. The van der Waals surface area contributed by atoms with Crippen LogP contribution >= 0.6 is 0 Å². The van der Waals surface area contributed by atoms with Gasteiger partial charge in [0.15, 0.2) is 6.29 Å². The number of hydrogen-bond donors (Lipinski definition) is 0. The summed E-state index contributed by atoms with van der Waals surface area (Å²) in [6, 6.07) is 6.07. The third kappa shape index (κ3) is 4.71. The van der Waals surface area contributed by atoms with E-state index in [0.29, 0.717) is 55.7 Å². The van der Waals surface area contributed by atoms with Crippen molar-refractivity contribution in [2.75, 3.05) is 39.5 Å². The molecule has 2 aromatic heterocycles. The second kappa shape index (κ2) is 10.3. The second-order valence-electron chi connectivity index (χ2n) is 9.67. The summed E-state index contributed by atoms with van der Waals surface area (Å²) in [7, 11) is -3.89. The summed E-state index contributed by atoms with van der Waals surface area (Å²) in [5.41, 5.74) is 2.16. The predicted molar refractivity (Wildman–Crippen MR) is 134 cm³/mol. The number of amides is 1. The molecule has 3 aliphatic rings. The van der Waals surface area contributed by atoms with E-state index in [4.69, 9.17) is 14.3 Å². The number of hydroxylamine groups is 2. The van der Waals surface area contributed by atoms with Gasteiger partial charge in [0, 0.05) is 44.2 Å². The van der Waals surface area contributed by atoms with Crippen LogP contribution in [0.25, 0.3) is 10.9 Å². The average Bonchev–Trinajstić information content (AvgIpc) is 3.32. The number of pyridine rings is 1. The normalized spacial score (nSPS) is 21.1. The molecule has 0 aliphatic carbocycles. The van der Waals surface area contributed by atoms with Gasteiger partial charge in [0.2, 0.25) is 10.0 Å². The van der Waals surface area contributed by atoms with E-state index in [2.05, 4.69) is 4.98 Å². The number of carbonyl (C=O) groups excluding carboxylic acids is 1. The molecular weight excluding hydrogens is 515 g/mol. The van der Waals surface area contributed by atoms with Gasteiger partial charge in [-0.05, 0) is 42.5 Å². The van der Waals surface area contributed by atoms with Gasteiger partial charge in [-0.25, -0.2) is 27.7 Å². The molecule has 0 spiro atoms. The van der Waals surface area contributed by atoms with Crippen LogP contribution in [0.1, 0.15) is 40.9 Å². The molecule has 1 aromatic carbocycles. The number of nitrogens with zero attached hydrogens (tertiary/aromatic N) is 4. The van der Waals surface area contributed by atoms with Crippen LogP contribution in [0.5, 0.6) is 0 Å². The highest BCUT2D eigenvalue weighted by Crippen LogP contribution is 2.35. The van der Waals surface area contributed by atoms with E-state index in [-0.39, 0.29) is 36.0 Å². The zero-order valence-corrected chi connectivity index (χ0v) is 21.7. The Morgan fingerprint density at radius 2 is 1.87 bits per heavy atom. The van der Waals surface area contributed by atoms with Crippen molar-refractivity contribution in [3.8, 4) is 0 Å². The third-order valence-electron chi connectivity index (χ3n) is 7.22. The molecule has 3 aliphatic heterocycles. The first-order valence-corrected chi connectivity index (χ1v) is 14.3.